The molecule has 0 saturated carbocycles. The van der Waals surface area contributed by atoms with Gasteiger partial charge in [0.15, 0.2) is 6.61 Å². The van der Waals surface area contributed by atoms with Gasteiger partial charge >= 0.3 is 6.09 Å². The first kappa shape index (κ1) is 20.0. The quantitative estimate of drug-likeness (QED) is 0.741. The van der Waals surface area contributed by atoms with E-state index in [2.05, 4.69) is 0 Å². The van der Waals surface area contributed by atoms with Crippen LogP contribution in [-0.2, 0) is 11.3 Å². The number of aromatic nitrogens is 1. The number of nitrogens with zero attached hydrogens (tertiary/aromatic N) is 2. The van der Waals surface area contributed by atoms with Gasteiger partial charge in [-0.1, -0.05) is 30.3 Å². The van der Waals surface area contributed by atoms with Crippen molar-refractivity contribution in [3.63, 3.8) is 0 Å². The normalized spacial score (nSPS) is 15.2. The van der Waals surface area contributed by atoms with Crippen molar-refractivity contribution >= 4 is 6.09 Å². The average molecular weight is 385 g/mol. The Bertz CT molecular complexity index is 748. The maximum absolute atomic E-state index is 12.1. The molecule has 0 aliphatic carbocycles. The molecule has 1 fully saturated rings. The molecule has 28 heavy (non-hydrogen) atoms. The van der Waals surface area contributed by atoms with Gasteiger partial charge in [0, 0.05) is 42.8 Å². The van der Waals surface area contributed by atoms with Crippen molar-refractivity contribution in [2.24, 2.45) is 0 Å². The molecule has 1 aliphatic rings. The molecule has 150 valence electrons. The van der Waals surface area contributed by atoms with Crippen LogP contribution in [-0.4, -0.2) is 35.8 Å². The fraction of sp³-hybridized carbons (Fsp3) is 0.455. The minimum atomic E-state index is -0.466. The lowest BCUT2D eigenvalue weighted by Gasteiger charge is -2.33. The topological polar surface area (TPSA) is 51.9 Å². The Balaban J connectivity index is 1.43. The second-order valence-corrected chi connectivity index (χ2v) is 7.94. The monoisotopic (exact) mass is 385 g/mol. The maximum Gasteiger partial charge on any atom is 0.410 e. The summed E-state index contributed by atoms with van der Waals surface area (Å²) in [6.45, 7) is 7.44. The summed E-state index contributed by atoms with van der Waals surface area (Å²) in [7, 11) is 0. The molecule has 0 bridgehead atoms. The largest absolute Gasteiger partial charge is 0.490 e. The maximum atomic E-state index is 12.1. The molecule has 6 nitrogen and oxygen atoms in total. The molecule has 2 heterocycles. The molecule has 3 rings (SSSR count). The zero-order valence-electron chi connectivity index (χ0n) is 16.8. The van der Waals surface area contributed by atoms with Crippen molar-refractivity contribution in [1.29, 1.82) is 0 Å². The number of rotatable bonds is 5. The molecule has 0 N–H and O–H groups in total. The fourth-order valence-electron chi connectivity index (χ4n) is 2.96. The smallest absolute Gasteiger partial charge is 0.410 e. The van der Waals surface area contributed by atoms with Crippen molar-refractivity contribution in [2.45, 2.75) is 51.9 Å². The van der Waals surface area contributed by atoms with E-state index in [-0.39, 0.29) is 12.2 Å². The molecule has 1 aliphatic heterocycles. The molecule has 2 aromatic rings. The number of carbonyl (C=O) groups excluding carboxylic acids is 1. The molecule has 0 radical (unpaired) electrons. The number of amides is 1. The van der Waals surface area contributed by atoms with Crippen molar-refractivity contribution in [3.05, 3.63) is 60.4 Å². The fourth-order valence-corrected chi connectivity index (χ4v) is 2.96. The highest BCUT2D eigenvalue weighted by atomic mass is 16.7. The minimum absolute atomic E-state index is 0.0970. The predicted molar refractivity (Wildman–Crippen MR) is 105 cm³/mol. The van der Waals surface area contributed by atoms with Gasteiger partial charge in [-0.3, -0.25) is 4.84 Å². The average Bonchev–Trinajstić information content (AvgIpc) is 2.67. The van der Waals surface area contributed by atoms with Crippen LogP contribution in [0.15, 0.2) is 54.9 Å². The highest BCUT2D eigenvalue weighted by molar-refractivity contribution is 5.68. The van der Waals surface area contributed by atoms with E-state index in [4.69, 9.17) is 14.3 Å². The Hall–Kier alpha value is -2.76. The van der Waals surface area contributed by atoms with E-state index in [0.29, 0.717) is 19.7 Å². The number of hydrogen-bond donors (Lipinski definition) is 0. The van der Waals surface area contributed by atoms with E-state index in [1.807, 2.05) is 75.6 Å². The van der Waals surface area contributed by atoms with E-state index >= 15 is 0 Å². The van der Waals surface area contributed by atoms with Gasteiger partial charge in [-0.15, -0.1) is 0 Å². The molecule has 0 unspecified atom stereocenters. The summed E-state index contributed by atoms with van der Waals surface area (Å²) < 4.78 is 13.2. The minimum Gasteiger partial charge on any atom is -0.490 e. The number of ether oxygens (including phenoxy) is 2. The molecule has 0 spiro atoms. The summed E-state index contributed by atoms with van der Waals surface area (Å²) in [6, 6.07) is 13.8. The van der Waals surface area contributed by atoms with E-state index < -0.39 is 5.60 Å². The van der Waals surface area contributed by atoms with E-state index in [0.717, 1.165) is 24.2 Å². The Kier molecular flexibility index (Phi) is 6.39. The van der Waals surface area contributed by atoms with Gasteiger partial charge in [-0.2, -0.15) is 0 Å². The lowest BCUT2D eigenvalue weighted by Crippen LogP contribution is -2.44. The van der Waals surface area contributed by atoms with Gasteiger partial charge in [-0.05, 0) is 26.3 Å². The van der Waals surface area contributed by atoms with Gasteiger partial charge in [0.25, 0.3) is 0 Å². The van der Waals surface area contributed by atoms with Crippen molar-refractivity contribution < 1.29 is 23.8 Å². The number of likely N-dealkylation sites (tertiary alicyclic amines) is 1. The second kappa shape index (κ2) is 8.95. The molecule has 1 aromatic heterocycles. The van der Waals surface area contributed by atoms with Crippen LogP contribution in [0.25, 0.3) is 0 Å². The standard InChI is InChI=1S/C22H29N2O4/c1-22(2,3)28-21(25)23-13-9-19(10-14-23)27-20-11-15-24(16-12-20)26-17-18-7-5-4-6-8-18/h4-8,11-12,15-16,19H,9-10,13-14,17H2,1-3H3/q+1. The summed E-state index contributed by atoms with van der Waals surface area (Å²) in [5.74, 6) is 0.801. The Morgan fingerprint density at radius 3 is 2.32 bits per heavy atom. The summed E-state index contributed by atoms with van der Waals surface area (Å²) >= 11 is 0. The lowest BCUT2D eigenvalue weighted by molar-refractivity contribution is -0.895. The summed E-state index contributed by atoms with van der Waals surface area (Å²) in [5, 5.41) is 0. The zero-order valence-corrected chi connectivity index (χ0v) is 16.8. The van der Waals surface area contributed by atoms with Crippen LogP contribution in [0.1, 0.15) is 39.2 Å². The van der Waals surface area contributed by atoms with Crippen LogP contribution in [0.4, 0.5) is 4.79 Å². The number of benzene rings is 1. The molecular formula is C22H29N2O4+. The van der Waals surface area contributed by atoms with Crippen LogP contribution >= 0.6 is 0 Å². The van der Waals surface area contributed by atoms with Crippen molar-refractivity contribution in [1.82, 2.24) is 4.90 Å². The van der Waals surface area contributed by atoms with Gasteiger partial charge < -0.3 is 14.4 Å². The first-order chi connectivity index (χ1) is 13.4. The summed E-state index contributed by atoms with van der Waals surface area (Å²) in [4.78, 5) is 19.6. The first-order valence-electron chi connectivity index (χ1n) is 9.72. The number of carbonyl (C=O) groups is 1. The number of piperidine rings is 1. The number of pyridine rings is 1. The van der Waals surface area contributed by atoms with Gasteiger partial charge in [0.05, 0.1) is 0 Å². The summed E-state index contributed by atoms with van der Waals surface area (Å²) in [6.07, 6.45) is 5.11. The Morgan fingerprint density at radius 2 is 1.71 bits per heavy atom. The Labute approximate surface area is 166 Å². The van der Waals surface area contributed by atoms with Crippen LogP contribution in [0, 0.1) is 0 Å². The first-order valence-corrected chi connectivity index (χ1v) is 9.72. The highest BCUT2D eigenvalue weighted by Gasteiger charge is 2.27. The molecule has 1 amide bonds. The SMILES string of the molecule is CC(C)(C)OC(=O)N1CCC(Oc2cc[n+](OCc3ccccc3)cc2)CC1. The van der Waals surface area contributed by atoms with Crippen molar-refractivity contribution in [3.8, 4) is 5.75 Å². The third-order valence-corrected chi connectivity index (χ3v) is 4.39. The Morgan fingerprint density at radius 1 is 1.07 bits per heavy atom. The molecule has 6 heteroatoms. The van der Waals surface area contributed by atoms with Crippen LogP contribution in [0.2, 0.25) is 0 Å². The summed E-state index contributed by atoms with van der Waals surface area (Å²) in [5.41, 5.74) is 0.652. The third kappa shape index (κ3) is 6.15. The van der Waals surface area contributed by atoms with Gasteiger partial charge in [-0.25, -0.2) is 4.79 Å². The predicted octanol–water partition coefficient (Wildman–Crippen LogP) is 3.38. The highest BCUT2D eigenvalue weighted by Crippen LogP contribution is 2.19. The molecule has 1 aromatic carbocycles. The lowest BCUT2D eigenvalue weighted by atomic mass is 10.1. The van der Waals surface area contributed by atoms with Crippen LogP contribution < -0.4 is 14.3 Å². The van der Waals surface area contributed by atoms with E-state index in [1.54, 1.807) is 9.63 Å². The van der Waals surface area contributed by atoms with E-state index in [1.165, 1.54) is 0 Å². The van der Waals surface area contributed by atoms with Crippen LogP contribution in [0.3, 0.4) is 0 Å². The molecular weight excluding hydrogens is 356 g/mol. The van der Waals surface area contributed by atoms with Gasteiger partial charge in [0.2, 0.25) is 12.4 Å². The molecule has 0 atom stereocenters. The third-order valence-electron chi connectivity index (χ3n) is 4.39. The molecule has 1 saturated heterocycles. The number of hydrogen-bond acceptors (Lipinski definition) is 4. The second-order valence-electron chi connectivity index (χ2n) is 7.94. The zero-order chi connectivity index (χ0) is 20.0. The van der Waals surface area contributed by atoms with Crippen LogP contribution in [0.5, 0.6) is 5.75 Å². The van der Waals surface area contributed by atoms with Gasteiger partial charge in [0.1, 0.15) is 17.5 Å². The van der Waals surface area contributed by atoms with E-state index in [9.17, 15) is 4.79 Å². The van der Waals surface area contributed by atoms with Crippen molar-refractivity contribution in [2.75, 3.05) is 13.1 Å².